The van der Waals surface area contributed by atoms with E-state index < -0.39 is 0 Å². The second kappa shape index (κ2) is 6.64. The molecule has 2 aromatic rings. The van der Waals surface area contributed by atoms with Gasteiger partial charge in [0.25, 0.3) is 0 Å². The number of aryl methyl sites for hydroxylation is 1. The van der Waals surface area contributed by atoms with Crippen molar-refractivity contribution in [3.05, 3.63) is 59.7 Å². The summed E-state index contributed by atoms with van der Waals surface area (Å²) < 4.78 is 5.39. The summed E-state index contributed by atoms with van der Waals surface area (Å²) in [5, 5.41) is 3.48. The molecule has 1 N–H and O–H groups in total. The topological polar surface area (TPSA) is 24.5 Å². The van der Waals surface area contributed by atoms with Gasteiger partial charge < -0.3 is 15.0 Å². The summed E-state index contributed by atoms with van der Waals surface area (Å²) in [4.78, 5) is 2.37. The molecule has 0 radical (unpaired) electrons. The van der Waals surface area contributed by atoms with Crippen molar-refractivity contribution < 1.29 is 4.74 Å². The lowest BCUT2D eigenvalue weighted by Gasteiger charge is -2.28. The molecule has 0 bridgehead atoms. The first-order chi connectivity index (χ1) is 10.3. The summed E-state index contributed by atoms with van der Waals surface area (Å²) in [6.07, 6.45) is 0. The number of hydrogen-bond donors (Lipinski definition) is 1. The highest BCUT2D eigenvalue weighted by Gasteiger charge is 2.10. The van der Waals surface area contributed by atoms with Gasteiger partial charge in [0.2, 0.25) is 0 Å². The molecule has 3 heteroatoms. The second-order valence-electron chi connectivity index (χ2n) is 5.49. The maximum absolute atomic E-state index is 5.39. The quantitative estimate of drug-likeness (QED) is 0.929. The Morgan fingerprint density at radius 3 is 2.52 bits per heavy atom. The van der Waals surface area contributed by atoms with E-state index in [1.165, 1.54) is 16.8 Å². The van der Waals surface area contributed by atoms with E-state index in [9.17, 15) is 0 Å². The molecule has 110 valence electrons. The molecule has 1 saturated heterocycles. The Morgan fingerprint density at radius 2 is 1.81 bits per heavy atom. The normalized spacial score (nSPS) is 15.0. The average molecular weight is 282 g/mol. The summed E-state index contributed by atoms with van der Waals surface area (Å²) >= 11 is 0. The third-order valence-electron chi connectivity index (χ3n) is 3.82. The molecular weight excluding hydrogens is 260 g/mol. The number of benzene rings is 2. The van der Waals surface area contributed by atoms with E-state index in [0.717, 1.165) is 38.5 Å². The zero-order valence-corrected chi connectivity index (χ0v) is 12.5. The fourth-order valence-corrected chi connectivity index (χ4v) is 2.64. The van der Waals surface area contributed by atoms with Gasteiger partial charge in [-0.1, -0.05) is 29.8 Å². The number of hydrogen-bond acceptors (Lipinski definition) is 3. The third-order valence-corrected chi connectivity index (χ3v) is 3.82. The van der Waals surface area contributed by atoms with Gasteiger partial charge in [-0.3, -0.25) is 0 Å². The number of rotatable bonds is 4. The van der Waals surface area contributed by atoms with Gasteiger partial charge in [0.1, 0.15) is 0 Å². The fourth-order valence-electron chi connectivity index (χ4n) is 2.64. The van der Waals surface area contributed by atoms with E-state index in [1.807, 2.05) is 0 Å². The molecule has 2 aromatic carbocycles. The van der Waals surface area contributed by atoms with Crippen LogP contribution in [0.15, 0.2) is 48.5 Å². The van der Waals surface area contributed by atoms with Crippen LogP contribution >= 0.6 is 0 Å². The predicted octanol–water partition coefficient (Wildman–Crippen LogP) is 3.44. The lowest BCUT2D eigenvalue weighted by Crippen LogP contribution is -2.36. The van der Waals surface area contributed by atoms with Crippen LogP contribution in [0.3, 0.4) is 0 Å². The molecule has 3 nitrogen and oxygen atoms in total. The maximum Gasteiger partial charge on any atom is 0.0642 e. The van der Waals surface area contributed by atoms with Crippen LogP contribution in [0.4, 0.5) is 11.4 Å². The molecule has 0 unspecified atom stereocenters. The Balaban J connectivity index is 1.59. The lowest BCUT2D eigenvalue weighted by molar-refractivity contribution is 0.122. The number of nitrogens with zero attached hydrogens (tertiary/aromatic N) is 1. The number of nitrogens with one attached hydrogen (secondary N) is 1. The summed E-state index contributed by atoms with van der Waals surface area (Å²) in [5.41, 5.74) is 5.05. The van der Waals surface area contributed by atoms with Crippen LogP contribution in [-0.2, 0) is 11.3 Å². The van der Waals surface area contributed by atoms with Crippen LogP contribution in [0.2, 0.25) is 0 Å². The smallest absolute Gasteiger partial charge is 0.0642 e. The van der Waals surface area contributed by atoms with Gasteiger partial charge in [0.05, 0.1) is 13.2 Å². The van der Waals surface area contributed by atoms with Gasteiger partial charge in [-0.25, -0.2) is 0 Å². The molecule has 0 aliphatic carbocycles. The average Bonchev–Trinajstić information content (AvgIpc) is 2.54. The van der Waals surface area contributed by atoms with Gasteiger partial charge in [-0.05, 0) is 36.8 Å². The van der Waals surface area contributed by atoms with Crippen molar-refractivity contribution in [3.8, 4) is 0 Å². The van der Waals surface area contributed by atoms with E-state index >= 15 is 0 Å². The van der Waals surface area contributed by atoms with Gasteiger partial charge in [0.15, 0.2) is 0 Å². The summed E-state index contributed by atoms with van der Waals surface area (Å²) in [6.45, 7) is 6.60. The highest BCUT2D eigenvalue weighted by molar-refractivity contribution is 5.55. The first-order valence-corrected chi connectivity index (χ1v) is 7.53. The minimum absolute atomic E-state index is 0.827. The highest BCUT2D eigenvalue weighted by Crippen LogP contribution is 2.19. The minimum Gasteiger partial charge on any atom is -0.381 e. The Labute approximate surface area is 126 Å². The Kier molecular flexibility index (Phi) is 4.41. The SMILES string of the molecule is Cc1cccc(CNc2ccc(N3CCOCC3)cc2)c1. The summed E-state index contributed by atoms with van der Waals surface area (Å²) in [7, 11) is 0. The van der Waals surface area contributed by atoms with Crippen molar-refractivity contribution in [1.29, 1.82) is 0 Å². The van der Waals surface area contributed by atoms with E-state index in [4.69, 9.17) is 4.74 Å². The Hall–Kier alpha value is -2.00. The van der Waals surface area contributed by atoms with Crippen molar-refractivity contribution in [2.24, 2.45) is 0 Å². The largest absolute Gasteiger partial charge is 0.381 e. The molecule has 0 spiro atoms. The van der Waals surface area contributed by atoms with Crippen molar-refractivity contribution in [2.45, 2.75) is 13.5 Å². The van der Waals surface area contributed by atoms with Crippen LogP contribution in [0.1, 0.15) is 11.1 Å². The fraction of sp³-hybridized carbons (Fsp3) is 0.333. The number of morpholine rings is 1. The van der Waals surface area contributed by atoms with E-state index in [2.05, 4.69) is 65.7 Å². The first kappa shape index (κ1) is 14.0. The molecular formula is C18H22N2O. The van der Waals surface area contributed by atoms with Crippen molar-refractivity contribution in [1.82, 2.24) is 0 Å². The molecule has 1 fully saturated rings. The van der Waals surface area contributed by atoms with Crippen LogP contribution < -0.4 is 10.2 Å². The second-order valence-corrected chi connectivity index (χ2v) is 5.49. The number of anilines is 2. The van der Waals surface area contributed by atoms with E-state index in [0.29, 0.717) is 0 Å². The van der Waals surface area contributed by atoms with Crippen molar-refractivity contribution >= 4 is 11.4 Å². The first-order valence-electron chi connectivity index (χ1n) is 7.53. The van der Waals surface area contributed by atoms with E-state index in [-0.39, 0.29) is 0 Å². The Morgan fingerprint density at radius 1 is 1.05 bits per heavy atom. The van der Waals surface area contributed by atoms with Gasteiger partial charge >= 0.3 is 0 Å². The van der Waals surface area contributed by atoms with Gasteiger partial charge in [-0.15, -0.1) is 0 Å². The molecule has 21 heavy (non-hydrogen) atoms. The van der Waals surface area contributed by atoms with Crippen LogP contribution in [-0.4, -0.2) is 26.3 Å². The molecule has 0 amide bonds. The summed E-state index contributed by atoms with van der Waals surface area (Å²) in [5.74, 6) is 0. The lowest BCUT2D eigenvalue weighted by atomic mass is 10.1. The number of ether oxygens (including phenoxy) is 1. The predicted molar refractivity (Wildman–Crippen MR) is 88.0 cm³/mol. The molecule has 3 rings (SSSR count). The maximum atomic E-state index is 5.39. The summed E-state index contributed by atoms with van der Waals surface area (Å²) in [6, 6.07) is 17.3. The zero-order valence-electron chi connectivity index (χ0n) is 12.5. The molecule has 1 aliphatic heterocycles. The molecule has 0 atom stereocenters. The van der Waals surface area contributed by atoms with Crippen LogP contribution in [0, 0.1) is 6.92 Å². The van der Waals surface area contributed by atoms with Crippen molar-refractivity contribution in [2.75, 3.05) is 36.5 Å². The van der Waals surface area contributed by atoms with Crippen LogP contribution in [0.5, 0.6) is 0 Å². The molecule has 1 aliphatic rings. The third kappa shape index (κ3) is 3.76. The standard InChI is InChI=1S/C18H22N2O/c1-15-3-2-4-16(13-15)14-19-17-5-7-18(8-6-17)20-9-11-21-12-10-20/h2-8,13,19H,9-12,14H2,1H3. The highest BCUT2D eigenvalue weighted by atomic mass is 16.5. The Bertz CT molecular complexity index is 574. The molecule has 1 heterocycles. The zero-order chi connectivity index (χ0) is 14.5. The van der Waals surface area contributed by atoms with Gasteiger partial charge in [0, 0.05) is 31.0 Å². The molecule has 0 saturated carbocycles. The van der Waals surface area contributed by atoms with Crippen LogP contribution in [0.25, 0.3) is 0 Å². The minimum atomic E-state index is 0.827. The van der Waals surface area contributed by atoms with E-state index in [1.54, 1.807) is 0 Å². The molecule has 0 aromatic heterocycles. The van der Waals surface area contributed by atoms with Gasteiger partial charge in [-0.2, -0.15) is 0 Å². The van der Waals surface area contributed by atoms with Crippen molar-refractivity contribution in [3.63, 3.8) is 0 Å². The monoisotopic (exact) mass is 282 g/mol.